The summed E-state index contributed by atoms with van der Waals surface area (Å²) in [6, 6.07) is 15.8. The van der Waals surface area contributed by atoms with Gasteiger partial charge in [0.15, 0.2) is 0 Å². The Labute approximate surface area is 255 Å². The van der Waals surface area contributed by atoms with Gasteiger partial charge >= 0.3 is 0 Å². The van der Waals surface area contributed by atoms with Crippen molar-refractivity contribution in [2.24, 2.45) is 0 Å². The second kappa shape index (κ2) is 14.4. The number of carbonyl (C=O) groups excluding carboxylic acids is 2. The van der Waals surface area contributed by atoms with Gasteiger partial charge in [-0.3, -0.25) is 13.9 Å². The molecule has 0 aromatic heterocycles. The molecule has 0 fully saturated rings. The molecule has 0 aliphatic carbocycles. The van der Waals surface area contributed by atoms with Gasteiger partial charge in [0, 0.05) is 38.7 Å². The Morgan fingerprint density at radius 2 is 1.50 bits per heavy atom. The van der Waals surface area contributed by atoms with Gasteiger partial charge < -0.3 is 10.2 Å². The topological polar surface area (TPSA) is 86.8 Å². The molecule has 1 N–H and O–H groups in total. The predicted molar refractivity (Wildman–Crippen MR) is 162 cm³/mol. The summed E-state index contributed by atoms with van der Waals surface area (Å²) in [4.78, 5) is 28.4. The van der Waals surface area contributed by atoms with Crippen molar-refractivity contribution in [3.8, 4) is 0 Å². The number of carbonyl (C=O) groups is 2. The van der Waals surface area contributed by atoms with Gasteiger partial charge in [0.1, 0.15) is 12.6 Å². The van der Waals surface area contributed by atoms with Crippen LogP contribution in [0.4, 0.5) is 5.69 Å². The van der Waals surface area contributed by atoms with E-state index in [9.17, 15) is 18.0 Å². The summed E-state index contributed by atoms with van der Waals surface area (Å²) >= 11 is 25.0. The maximum Gasteiger partial charge on any atom is 0.264 e. The zero-order valence-corrected chi connectivity index (χ0v) is 25.8. The van der Waals surface area contributed by atoms with Gasteiger partial charge in [-0.15, -0.1) is 0 Å². The van der Waals surface area contributed by atoms with E-state index in [1.54, 1.807) is 37.3 Å². The van der Waals surface area contributed by atoms with Gasteiger partial charge in [-0.2, -0.15) is 0 Å². The van der Waals surface area contributed by atoms with Gasteiger partial charge in [-0.05, 0) is 67.4 Å². The summed E-state index contributed by atoms with van der Waals surface area (Å²) in [5, 5.41) is 4.10. The maximum atomic E-state index is 14.0. The SMILES string of the molecule is CCCNC(=O)[C@H](CC)N(Cc1c(Cl)cccc1Cl)C(=O)CN(c1cccc(Cl)c1)S(=O)(=O)c1ccc(Cl)cc1. The van der Waals surface area contributed by atoms with E-state index in [0.29, 0.717) is 33.6 Å². The summed E-state index contributed by atoms with van der Waals surface area (Å²) in [5.41, 5.74) is 0.616. The fourth-order valence-electron chi connectivity index (χ4n) is 4.03. The molecule has 0 spiro atoms. The average molecular weight is 645 g/mol. The highest BCUT2D eigenvalue weighted by molar-refractivity contribution is 7.92. The van der Waals surface area contributed by atoms with E-state index < -0.39 is 28.5 Å². The average Bonchev–Trinajstić information content (AvgIpc) is 2.92. The van der Waals surface area contributed by atoms with Crippen LogP contribution in [0, 0.1) is 0 Å². The van der Waals surface area contributed by atoms with Crippen LogP contribution >= 0.6 is 46.4 Å². The minimum Gasteiger partial charge on any atom is -0.354 e. The smallest absolute Gasteiger partial charge is 0.264 e. The molecule has 0 saturated heterocycles. The van der Waals surface area contributed by atoms with Crippen LogP contribution in [0.3, 0.4) is 0 Å². The predicted octanol–water partition coefficient (Wildman–Crippen LogP) is 6.83. The van der Waals surface area contributed by atoms with E-state index in [0.717, 1.165) is 4.31 Å². The van der Waals surface area contributed by atoms with Gasteiger partial charge in [0.05, 0.1) is 10.6 Å². The van der Waals surface area contributed by atoms with Crippen LogP contribution in [0.25, 0.3) is 0 Å². The van der Waals surface area contributed by atoms with Crippen LogP contribution in [-0.2, 0) is 26.2 Å². The second-order valence-electron chi connectivity index (χ2n) is 8.88. The van der Waals surface area contributed by atoms with Crippen molar-refractivity contribution in [2.45, 2.75) is 44.2 Å². The number of hydrogen-bond acceptors (Lipinski definition) is 4. The fourth-order valence-corrected chi connectivity index (χ4v) is 6.27. The monoisotopic (exact) mass is 643 g/mol. The van der Waals surface area contributed by atoms with Crippen molar-refractivity contribution in [2.75, 3.05) is 17.4 Å². The van der Waals surface area contributed by atoms with E-state index >= 15 is 0 Å². The molecule has 0 bridgehead atoms. The van der Waals surface area contributed by atoms with Crippen molar-refractivity contribution in [1.29, 1.82) is 0 Å². The molecular weight excluding hydrogens is 616 g/mol. The molecule has 0 radical (unpaired) electrons. The Morgan fingerprint density at radius 1 is 0.875 bits per heavy atom. The number of amides is 2. The van der Waals surface area contributed by atoms with Crippen molar-refractivity contribution >= 4 is 73.9 Å². The highest BCUT2D eigenvalue weighted by atomic mass is 35.5. The number of hydrogen-bond donors (Lipinski definition) is 1. The van der Waals surface area contributed by atoms with Crippen LogP contribution in [0.1, 0.15) is 32.3 Å². The first-order valence-electron chi connectivity index (χ1n) is 12.5. The van der Waals surface area contributed by atoms with Gasteiger partial charge in [-0.1, -0.05) is 72.4 Å². The molecule has 1 atom stereocenters. The first kappa shape index (κ1) is 32.0. The van der Waals surface area contributed by atoms with Crippen molar-refractivity contribution in [1.82, 2.24) is 10.2 Å². The number of benzene rings is 3. The first-order valence-corrected chi connectivity index (χ1v) is 15.5. The molecule has 40 heavy (non-hydrogen) atoms. The van der Waals surface area contributed by atoms with Crippen molar-refractivity contribution in [3.05, 3.63) is 92.4 Å². The summed E-state index contributed by atoms with van der Waals surface area (Å²) in [6.45, 7) is 3.37. The highest BCUT2D eigenvalue weighted by Gasteiger charge is 2.34. The Bertz CT molecular complexity index is 1430. The number of anilines is 1. The molecule has 0 heterocycles. The van der Waals surface area contributed by atoms with Crippen LogP contribution in [0.15, 0.2) is 71.6 Å². The highest BCUT2D eigenvalue weighted by Crippen LogP contribution is 2.30. The van der Waals surface area contributed by atoms with Crippen molar-refractivity contribution < 1.29 is 18.0 Å². The Balaban J connectivity index is 2.09. The lowest BCUT2D eigenvalue weighted by molar-refractivity contribution is -0.140. The van der Waals surface area contributed by atoms with Crippen LogP contribution in [-0.4, -0.2) is 44.3 Å². The largest absolute Gasteiger partial charge is 0.354 e. The number of sulfonamides is 1. The van der Waals surface area contributed by atoms with Gasteiger partial charge in [0.25, 0.3) is 10.0 Å². The van der Waals surface area contributed by atoms with E-state index in [-0.39, 0.29) is 34.5 Å². The first-order chi connectivity index (χ1) is 19.0. The van der Waals surface area contributed by atoms with Crippen molar-refractivity contribution in [3.63, 3.8) is 0 Å². The second-order valence-corrected chi connectivity index (χ2v) is 12.4. The molecule has 214 valence electrons. The third kappa shape index (κ3) is 7.83. The van der Waals surface area contributed by atoms with E-state index in [1.807, 2.05) is 6.92 Å². The molecule has 3 aromatic rings. The standard InChI is InChI=1S/C28H29Cl4N3O4S/c1-3-15-33-28(37)26(4-2)34(17-23-24(31)9-6-10-25(23)32)27(36)18-35(21-8-5-7-20(30)16-21)40(38,39)22-13-11-19(29)12-14-22/h5-14,16,26H,3-4,15,17-18H2,1-2H3,(H,33,37)/t26-/m0/s1. The minimum absolute atomic E-state index is 0.0712. The molecule has 0 aliphatic rings. The van der Waals surface area contributed by atoms with Crippen LogP contribution in [0.2, 0.25) is 20.1 Å². The van der Waals surface area contributed by atoms with Gasteiger partial charge in [0.2, 0.25) is 11.8 Å². The van der Waals surface area contributed by atoms with E-state index in [1.165, 1.54) is 41.3 Å². The number of rotatable bonds is 12. The summed E-state index contributed by atoms with van der Waals surface area (Å²) in [6.07, 6.45) is 0.971. The summed E-state index contributed by atoms with van der Waals surface area (Å²) in [5.74, 6) is -0.997. The molecule has 2 amide bonds. The third-order valence-electron chi connectivity index (χ3n) is 6.10. The lowest BCUT2D eigenvalue weighted by Crippen LogP contribution is -2.52. The molecular formula is C28H29Cl4N3O4S. The quantitative estimate of drug-likeness (QED) is 0.234. The molecule has 12 heteroatoms. The lowest BCUT2D eigenvalue weighted by atomic mass is 10.1. The number of halogens is 4. The Morgan fingerprint density at radius 3 is 2.08 bits per heavy atom. The summed E-state index contributed by atoms with van der Waals surface area (Å²) in [7, 11) is -4.26. The minimum atomic E-state index is -4.26. The molecule has 7 nitrogen and oxygen atoms in total. The van der Waals surface area contributed by atoms with E-state index in [4.69, 9.17) is 46.4 Å². The zero-order valence-electron chi connectivity index (χ0n) is 21.9. The van der Waals surface area contributed by atoms with Crippen LogP contribution in [0.5, 0.6) is 0 Å². The summed E-state index contributed by atoms with van der Waals surface area (Å²) < 4.78 is 28.6. The normalized spacial score (nSPS) is 12.1. The molecule has 3 rings (SSSR count). The van der Waals surface area contributed by atoms with E-state index in [2.05, 4.69) is 5.32 Å². The Hall–Kier alpha value is -2.49. The molecule has 0 unspecified atom stereocenters. The third-order valence-corrected chi connectivity index (χ3v) is 9.09. The molecule has 0 saturated carbocycles. The molecule has 3 aromatic carbocycles. The number of nitrogens with zero attached hydrogens (tertiary/aromatic N) is 2. The lowest BCUT2D eigenvalue weighted by Gasteiger charge is -2.33. The Kier molecular flexibility index (Phi) is 11.5. The zero-order chi connectivity index (χ0) is 29.4. The maximum absolute atomic E-state index is 14.0. The van der Waals surface area contributed by atoms with Crippen LogP contribution < -0.4 is 9.62 Å². The van der Waals surface area contributed by atoms with Gasteiger partial charge in [-0.25, -0.2) is 8.42 Å². The number of nitrogens with one attached hydrogen (secondary N) is 1. The molecule has 0 aliphatic heterocycles. The fraction of sp³-hybridized carbons (Fsp3) is 0.286.